The van der Waals surface area contributed by atoms with Gasteiger partial charge in [0.25, 0.3) is 5.24 Å². The predicted octanol–water partition coefficient (Wildman–Crippen LogP) is 2.55. The molecule has 0 amide bonds. The minimum absolute atomic E-state index is 0.0541. The molecule has 1 fully saturated rings. The minimum atomic E-state index is -0.795. The third-order valence-electron chi connectivity index (χ3n) is 4.53. The monoisotopic (exact) mass is 367 g/mol. The molecule has 24 heavy (non-hydrogen) atoms. The number of aromatic nitrogens is 1. The molecular formula is C16H15ClFN3O2S. The number of fused-ring (bicyclic) bond motifs is 3. The normalized spacial score (nSPS) is 20.0. The van der Waals surface area contributed by atoms with E-state index in [1.807, 2.05) is 16.4 Å². The molecule has 0 bridgehead atoms. The summed E-state index contributed by atoms with van der Waals surface area (Å²) >= 11 is 7.01. The van der Waals surface area contributed by atoms with Gasteiger partial charge in [0.1, 0.15) is 11.4 Å². The summed E-state index contributed by atoms with van der Waals surface area (Å²) in [6.07, 6.45) is 0. The molecule has 1 aromatic heterocycles. The Morgan fingerprint density at radius 2 is 2.08 bits per heavy atom. The largest absolute Gasteiger partial charge is 0.367 e. The second-order valence-corrected chi connectivity index (χ2v) is 7.58. The van der Waals surface area contributed by atoms with Gasteiger partial charge in [-0.2, -0.15) is 0 Å². The molecule has 2 aliphatic heterocycles. The molecular weight excluding hydrogens is 353 g/mol. The number of piperazine rings is 1. The highest BCUT2D eigenvalue weighted by molar-refractivity contribution is 8.00. The molecule has 8 heteroatoms. The lowest BCUT2D eigenvalue weighted by Gasteiger charge is -2.34. The van der Waals surface area contributed by atoms with Gasteiger partial charge in [-0.15, -0.1) is 0 Å². The summed E-state index contributed by atoms with van der Waals surface area (Å²) in [7, 11) is 0. The number of halogens is 2. The maximum absolute atomic E-state index is 14.6. The van der Waals surface area contributed by atoms with Crippen molar-refractivity contribution in [1.29, 1.82) is 0 Å². The first kappa shape index (κ1) is 15.9. The van der Waals surface area contributed by atoms with Crippen molar-refractivity contribution in [3.63, 3.8) is 0 Å². The summed E-state index contributed by atoms with van der Waals surface area (Å²) in [5, 5.41) is 3.28. The van der Waals surface area contributed by atoms with Gasteiger partial charge in [-0.3, -0.25) is 9.59 Å². The van der Waals surface area contributed by atoms with E-state index in [9.17, 15) is 14.0 Å². The maximum atomic E-state index is 14.6. The van der Waals surface area contributed by atoms with E-state index in [-0.39, 0.29) is 16.3 Å². The number of carbonyl (C=O) groups is 1. The first-order valence-corrected chi connectivity index (χ1v) is 8.98. The summed E-state index contributed by atoms with van der Waals surface area (Å²) in [6, 6.07) is 2.96. The zero-order valence-electron chi connectivity index (χ0n) is 12.9. The Kier molecular flexibility index (Phi) is 3.82. The van der Waals surface area contributed by atoms with Crippen molar-refractivity contribution in [3.8, 4) is 0 Å². The Balaban J connectivity index is 1.99. The Hall–Kier alpha value is -1.57. The van der Waals surface area contributed by atoms with Crippen LogP contribution in [0.3, 0.4) is 0 Å². The molecule has 0 aliphatic carbocycles. The van der Waals surface area contributed by atoms with Gasteiger partial charge < -0.3 is 14.8 Å². The first-order chi connectivity index (χ1) is 11.5. The summed E-state index contributed by atoms with van der Waals surface area (Å²) < 4.78 is 16.5. The van der Waals surface area contributed by atoms with Crippen molar-refractivity contribution in [2.75, 3.05) is 31.1 Å². The highest BCUT2D eigenvalue weighted by Gasteiger charge is 2.32. The van der Waals surface area contributed by atoms with Gasteiger partial charge in [-0.25, -0.2) is 4.39 Å². The second-order valence-electron chi connectivity index (χ2n) is 5.93. The number of thioether (sulfide) groups is 1. The molecule has 2 aromatic rings. The number of pyridine rings is 1. The van der Waals surface area contributed by atoms with Crippen LogP contribution >= 0.6 is 23.4 Å². The molecule has 1 N–H and O–H groups in total. The van der Waals surface area contributed by atoms with Crippen molar-refractivity contribution >= 4 is 45.2 Å². The Labute approximate surface area is 146 Å². The number of anilines is 1. The lowest BCUT2D eigenvalue weighted by Crippen LogP contribution is -2.44. The molecule has 0 saturated carbocycles. The van der Waals surface area contributed by atoms with E-state index in [0.29, 0.717) is 29.3 Å². The highest BCUT2D eigenvalue weighted by atomic mass is 35.5. The fourth-order valence-corrected chi connectivity index (χ4v) is 4.75. The number of carbonyl (C=O) groups excluding carboxylic acids is 1. The van der Waals surface area contributed by atoms with Crippen molar-refractivity contribution in [3.05, 3.63) is 33.7 Å². The Bertz CT molecular complexity index is 924. The van der Waals surface area contributed by atoms with E-state index in [2.05, 4.69) is 5.32 Å². The predicted molar refractivity (Wildman–Crippen MR) is 94.0 cm³/mol. The summed E-state index contributed by atoms with van der Waals surface area (Å²) in [6.45, 7) is 4.98. The maximum Gasteiger partial charge on any atom is 0.259 e. The highest BCUT2D eigenvalue weighted by Crippen LogP contribution is 2.47. The fourth-order valence-electron chi connectivity index (χ4n) is 3.36. The Morgan fingerprint density at radius 3 is 2.71 bits per heavy atom. The van der Waals surface area contributed by atoms with Crippen LogP contribution in [0.1, 0.15) is 22.7 Å². The van der Waals surface area contributed by atoms with Crippen molar-refractivity contribution in [2.45, 2.75) is 17.3 Å². The topological polar surface area (TPSA) is 54.3 Å². The van der Waals surface area contributed by atoms with Crippen LogP contribution < -0.4 is 15.6 Å². The summed E-state index contributed by atoms with van der Waals surface area (Å²) in [5.41, 5.74) is 0.591. The molecule has 4 rings (SSSR count). The van der Waals surface area contributed by atoms with Crippen molar-refractivity contribution in [2.24, 2.45) is 0 Å². The number of nitrogens with zero attached hydrogens (tertiary/aromatic N) is 2. The second kappa shape index (κ2) is 5.75. The Morgan fingerprint density at radius 1 is 1.38 bits per heavy atom. The third kappa shape index (κ3) is 2.26. The summed E-state index contributed by atoms with van der Waals surface area (Å²) in [5.74, 6) is -0.449. The third-order valence-corrected chi connectivity index (χ3v) is 5.89. The molecule has 5 nitrogen and oxygen atoms in total. The van der Waals surface area contributed by atoms with E-state index >= 15 is 0 Å². The van der Waals surface area contributed by atoms with Gasteiger partial charge in [-0.1, -0.05) is 11.8 Å². The number of benzene rings is 1. The van der Waals surface area contributed by atoms with Crippen LogP contribution in [-0.2, 0) is 0 Å². The van der Waals surface area contributed by atoms with Gasteiger partial charge in [0, 0.05) is 31.6 Å². The first-order valence-electron chi connectivity index (χ1n) is 7.73. The lowest BCUT2D eigenvalue weighted by molar-refractivity contribution is 0.107. The molecule has 1 atom stereocenters. The molecule has 126 valence electrons. The molecule has 0 radical (unpaired) electrons. The van der Waals surface area contributed by atoms with Gasteiger partial charge in [0.05, 0.1) is 21.6 Å². The van der Waals surface area contributed by atoms with Crippen molar-refractivity contribution < 1.29 is 9.18 Å². The van der Waals surface area contributed by atoms with Crippen LogP contribution in [0.2, 0.25) is 0 Å². The molecule has 1 aromatic carbocycles. The fraction of sp³-hybridized carbons (Fsp3) is 0.375. The van der Waals surface area contributed by atoms with E-state index in [4.69, 9.17) is 11.6 Å². The lowest BCUT2D eigenvalue weighted by atomic mass is 10.1. The van der Waals surface area contributed by atoms with Crippen LogP contribution in [0.4, 0.5) is 10.1 Å². The van der Waals surface area contributed by atoms with Crippen LogP contribution in [-0.4, -0.2) is 36.0 Å². The van der Waals surface area contributed by atoms with E-state index in [0.717, 1.165) is 13.1 Å². The van der Waals surface area contributed by atoms with Gasteiger partial charge in [0.2, 0.25) is 5.43 Å². The van der Waals surface area contributed by atoms with Crippen LogP contribution in [0.25, 0.3) is 10.9 Å². The van der Waals surface area contributed by atoms with Gasteiger partial charge >= 0.3 is 0 Å². The zero-order chi connectivity index (χ0) is 17.0. The quantitative estimate of drug-likeness (QED) is 0.827. The van der Waals surface area contributed by atoms with Crippen molar-refractivity contribution in [1.82, 2.24) is 9.88 Å². The smallest absolute Gasteiger partial charge is 0.259 e. The molecule has 2 aliphatic rings. The number of rotatable bonds is 2. The number of hydrogen-bond acceptors (Lipinski definition) is 5. The molecule has 1 saturated heterocycles. The SMILES string of the molecule is C[C@@H]1Sc2c(C(=O)Cl)c(=O)c3cc(F)c(N4CCNCC4)cc3n21. The van der Waals surface area contributed by atoms with Gasteiger partial charge in [-0.05, 0) is 30.7 Å². The average Bonchev–Trinajstić information content (AvgIpc) is 2.55. The molecule has 3 heterocycles. The molecule has 0 unspecified atom stereocenters. The van der Waals surface area contributed by atoms with Gasteiger partial charge in [0.15, 0.2) is 0 Å². The van der Waals surface area contributed by atoms with Crippen LogP contribution in [0.15, 0.2) is 22.0 Å². The molecule has 0 spiro atoms. The number of nitrogens with one attached hydrogen (secondary N) is 1. The van der Waals surface area contributed by atoms with E-state index in [1.165, 1.54) is 17.8 Å². The van der Waals surface area contributed by atoms with E-state index in [1.54, 1.807) is 6.07 Å². The average molecular weight is 368 g/mol. The van der Waals surface area contributed by atoms with Crippen LogP contribution in [0, 0.1) is 5.82 Å². The number of hydrogen-bond donors (Lipinski definition) is 1. The summed E-state index contributed by atoms with van der Waals surface area (Å²) in [4.78, 5) is 26.2. The minimum Gasteiger partial charge on any atom is -0.367 e. The van der Waals surface area contributed by atoms with Crippen LogP contribution in [0.5, 0.6) is 0 Å². The zero-order valence-corrected chi connectivity index (χ0v) is 14.5. The standard InChI is InChI=1S/C16H15ClFN3O2S/c1-8-21-11-7-12(20-4-2-19-3-5-20)10(18)6-9(11)14(22)13(15(17)23)16(21)24-8/h6-8,19H,2-5H2,1H3/t8-/m0/s1. The van der Waals surface area contributed by atoms with E-state index < -0.39 is 16.5 Å².